The molecule has 0 fully saturated rings. The molecule has 0 aliphatic carbocycles. The zero-order chi connectivity index (χ0) is 15.8. The van der Waals surface area contributed by atoms with Crippen LogP contribution in [0.15, 0.2) is 61.7 Å². The fourth-order valence-electron chi connectivity index (χ4n) is 1.94. The van der Waals surface area contributed by atoms with E-state index in [1.807, 2.05) is 13.0 Å². The van der Waals surface area contributed by atoms with Crippen molar-refractivity contribution in [2.45, 2.75) is 33.7 Å². The summed E-state index contributed by atoms with van der Waals surface area (Å²) in [6.07, 6.45) is 7.92. The third-order valence-electron chi connectivity index (χ3n) is 3.67. The highest BCUT2D eigenvalue weighted by Crippen LogP contribution is 2.21. The molecule has 0 radical (unpaired) electrons. The Morgan fingerprint density at radius 2 is 1.86 bits per heavy atom. The highest BCUT2D eigenvalue weighted by Gasteiger charge is 2.09. The smallest absolute Gasteiger partial charge is 0.0343 e. The van der Waals surface area contributed by atoms with Crippen LogP contribution < -0.4 is 5.32 Å². The summed E-state index contributed by atoms with van der Waals surface area (Å²) in [5.74, 6) is 0.576. The van der Waals surface area contributed by atoms with Gasteiger partial charge in [0.15, 0.2) is 0 Å². The summed E-state index contributed by atoms with van der Waals surface area (Å²) >= 11 is 0. The van der Waals surface area contributed by atoms with Gasteiger partial charge in [0, 0.05) is 11.7 Å². The van der Waals surface area contributed by atoms with E-state index in [9.17, 15) is 0 Å². The fraction of sp³-hybridized carbons (Fsp3) is 0.300. The Hall–Kier alpha value is -2.02. The molecular formula is C20H27N. The highest BCUT2D eigenvalue weighted by atomic mass is 14.9. The van der Waals surface area contributed by atoms with Crippen LogP contribution in [-0.4, -0.2) is 6.04 Å². The van der Waals surface area contributed by atoms with Gasteiger partial charge in [0.1, 0.15) is 0 Å². The Labute approximate surface area is 129 Å². The molecule has 112 valence electrons. The van der Waals surface area contributed by atoms with Gasteiger partial charge >= 0.3 is 0 Å². The molecule has 1 atom stereocenters. The summed E-state index contributed by atoms with van der Waals surface area (Å²) in [7, 11) is 0. The molecule has 0 aliphatic heterocycles. The minimum absolute atomic E-state index is 0.406. The van der Waals surface area contributed by atoms with Gasteiger partial charge in [-0.05, 0) is 42.5 Å². The van der Waals surface area contributed by atoms with E-state index in [0.717, 1.165) is 11.3 Å². The van der Waals surface area contributed by atoms with Crippen molar-refractivity contribution < 1.29 is 0 Å². The van der Waals surface area contributed by atoms with Gasteiger partial charge in [-0.2, -0.15) is 0 Å². The van der Waals surface area contributed by atoms with E-state index >= 15 is 0 Å². The van der Waals surface area contributed by atoms with Gasteiger partial charge in [0.05, 0.1) is 0 Å². The monoisotopic (exact) mass is 281 g/mol. The van der Waals surface area contributed by atoms with E-state index in [1.54, 1.807) is 6.08 Å². The molecule has 1 aromatic carbocycles. The van der Waals surface area contributed by atoms with E-state index in [0.29, 0.717) is 12.0 Å². The first-order valence-corrected chi connectivity index (χ1v) is 7.51. The molecule has 0 saturated carbocycles. The maximum Gasteiger partial charge on any atom is 0.0343 e. The van der Waals surface area contributed by atoms with Crippen molar-refractivity contribution in [3.63, 3.8) is 0 Å². The average molecular weight is 281 g/mol. The van der Waals surface area contributed by atoms with E-state index in [4.69, 9.17) is 0 Å². The average Bonchev–Trinajstić information content (AvgIpc) is 2.48. The van der Waals surface area contributed by atoms with Crippen LogP contribution in [-0.2, 0) is 0 Å². The lowest BCUT2D eigenvalue weighted by molar-refractivity contribution is 0.481. The summed E-state index contributed by atoms with van der Waals surface area (Å²) in [6, 6.07) is 8.86. The number of hydrogen-bond donors (Lipinski definition) is 1. The van der Waals surface area contributed by atoms with Gasteiger partial charge in [0.2, 0.25) is 0 Å². The number of allylic oxidation sites excluding steroid dienone is 5. The van der Waals surface area contributed by atoms with Gasteiger partial charge in [0.25, 0.3) is 0 Å². The highest BCUT2D eigenvalue weighted by molar-refractivity contribution is 5.76. The van der Waals surface area contributed by atoms with Gasteiger partial charge in [-0.1, -0.05) is 69.5 Å². The maximum atomic E-state index is 4.17. The summed E-state index contributed by atoms with van der Waals surface area (Å²) in [6.45, 7) is 16.5. The molecule has 0 bridgehead atoms. The van der Waals surface area contributed by atoms with Crippen molar-refractivity contribution in [2.75, 3.05) is 0 Å². The molecule has 0 heterocycles. The summed E-state index contributed by atoms with van der Waals surface area (Å²) < 4.78 is 0. The standard InChI is InChI=1S/C20H27N/c1-7-9-11-18(8-2)20-13-10-12-19(14-20)17(6)21-16(5)15(3)4/h7-16,21H,1,6H2,2-5H3/b11-9-,18-8+. The first-order valence-electron chi connectivity index (χ1n) is 7.51. The third kappa shape index (κ3) is 5.11. The Bertz CT molecular complexity index is 547. The summed E-state index contributed by atoms with van der Waals surface area (Å²) in [5, 5.41) is 3.47. The van der Waals surface area contributed by atoms with Gasteiger partial charge in [-0.15, -0.1) is 0 Å². The number of hydrogen-bond acceptors (Lipinski definition) is 1. The second-order valence-electron chi connectivity index (χ2n) is 5.58. The van der Waals surface area contributed by atoms with E-state index in [-0.39, 0.29) is 0 Å². The van der Waals surface area contributed by atoms with Crippen LogP contribution in [0.1, 0.15) is 38.8 Å². The molecule has 0 aromatic heterocycles. The van der Waals surface area contributed by atoms with Crippen molar-refractivity contribution in [3.05, 3.63) is 72.9 Å². The molecule has 1 unspecified atom stereocenters. The first-order chi connectivity index (χ1) is 9.99. The van der Waals surface area contributed by atoms with E-state index in [2.05, 4.69) is 75.7 Å². The zero-order valence-electron chi connectivity index (χ0n) is 13.7. The maximum absolute atomic E-state index is 4.17. The van der Waals surface area contributed by atoms with Crippen LogP contribution >= 0.6 is 0 Å². The zero-order valence-corrected chi connectivity index (χ0v) is 13.7. The molecule has 1 rings (SSSR count). The molecule has 0 spiro atoms. The fourth-order valence-corrected chi connectivity index (χ4v) is 1.94. The predicted octanol–water partition coefficient (Wildman–Crippen LogP) is 5.44. The molecular weight excluding hydrogens is 254 g/mol. The molecule has 0 aliphatic rings. The van der Waals surface area contributed by atoms with Crippen molar-refractivity contribution in [1.29, 1.82) is 0 Å². The number of nitrogens with one attached hydrogen (secondary N) is 1. The lowest BCUT2D eigenvalue weighted by Crippen LogP contribution is -2.29. The third-order valence-corrected chi connectivity index (χ3v) is 3.67. The molecule has 1 nitrogen and oxygen atoms in total. The lowest BCUT2D eigenvalue weighted by atomic mass is 10.0. The van der Waals surface area contributed by atoms with Crippen LogP contribution in [0.5, 0.6) is 0 Å². The van der Waals surface area contributed by atoms with Crippen LogP contribution in [0, 0.1) is 5.92 Å². The molecule has 1 heteroatoms. The second-order valence-corrected chi connectivity index (χ2v) is 5.58. The number of benzene rings is 1. The lowest BCUT2D eigenvalue weighted by Gasteiger charge is -2.21. The van der Waals surface area contributed by atoms with E-state index in [1.165, 1.54) is 11.1 Å². The van der Waals surface area contributed by atoms with Crippen molar-refractivity contribution in [3.8, 4) is 0 Å². The molecule has 1 aromatic rings. The van der Waals surface area contributed by atoms with Crippen LogP contribution in [0.2, 0.25) is 0 Å². The SMILES string of the molecule is C=C/C=C\C(=C/C)c1cccc(C(=C)NC(C)C(C)C)c1. The second kappa shape index (κ2) is 8.31. The Kier molecular flexibility index (Phi) is 6.74. The van der Waals surface area contributed by atoms with Gasteiger partial charge in [-0.25, -0.2) is 0 Å². The Balaban J connectivity index is 2.97. The summed E-state index contributed by atoms with van der Waals surface area (Å²) in [5.41, 5.74) is 4.47. The van der Waals surface area contributed by atoms with E-state index < -0.39 is 0 Å². The normalized spacial score (nSPS) is 13.5. The minimum Gasteiger partial charge on any atom is -0.382 e. The van der Waals surface area contributed by atoms with Crippen molar-refractivity contribution in [1.82, 2.24) is 5.32 Å². The van der Waals surface area contributed by atoms with Crippen LogP contribution in [0.4, 0.5) is 0 Å². The Morgan fingerprint density at radius 1 is 1.19 bits per heavy atom. The van der Waals surface area contributed by atoms with Gasteiger partial charge in [-0.3, -0.25) is 0 Å². The summed E-state index contributed by atoms with van der Waals surface area (Å²) in [4.78, 5) is 0. The number of rotatable bonds is 7. The molecule has 0 saturated heterocycles. The topological polar surface area (TPSA) is 12.0 Å². The van der Waals surface area contributed by atoms with Crippen LogP contribution in [0.25, 0.3) is 11.3 Å². The van der Waals surface area contributed by atoms with Crippen molar-refractivity contribution in [2.24, 2.45) is 5.92 Å². The predicted molar refractivity (Wildman–Crippen MR) is 95.9 cm³/mol. The molecule has 21 heavy (non-hydrogen) atoms. The van der Waals surface area contributed by atoms with Gasteiger partial charge < -0.3 is 5.32 Å². The first kappa shape index (κ1) is 17.0. The largest absolute Gasteiger partial charge is 0.382 e. The van der Waals surface area contributed by atoms with Crippen LogP contribution in [0.3, 0.4) is 0 Å². The minimum atomic E-state index is 0.406. The quantitative estimate of drug-likeness (QED) is 0.656. The molecule has 1 N–H and O–H groups in total. The Morgan fingerprint density at radius 3 is 2.43 bits per heavy atom. The van der Waals surface area contributed by atoms with Crippen molar-refractivity contribution >= 4 is 11.3 Å². The molecule has 0 amide bonds.